The summed E-state index contributed by atoms with van der Waals surface area (Å²) in [7, 11) is 2.36. The molecule has 0 bridgehead atoms. The summed E-state index contributed by atoms with van der Waals surface area (Å²) in [6.45, 7) is 7.47. The van der Waals surface area contributed by atoms with E-state index in [1.54, 1.807) is 6.08 Å². The Balaban J connectivity index is 3.22. The minimum absolute atomic E-state index is 0.00366. The topological polar surface area (TPSA) is 100 Å². The fourth-order valence-electron chi connectivity index (χ4n) is 2.84. The fourth-order valence-corrected chi connectivity index (χ4v) is 2.84. The van der Waals surface area contributed by atoms with Crippen molar-refractivity contribution < 1.29 is 19.1 Å². The van der Waals surface area contributed by atoms with Crippen LogP contribution in [0, 0.1) is 39.4 Å². The molecule has 0 saturated heterocycles. The summed E-state index contributed by atoms with van der Waals surface area (Å²) < 4.78 is 9.50. The van der Waals surface area contributed by atoms with E-state index in [1.807, 2.05) is 12.1 Å². The van der Waals surface area contributed by atoms with Crippen molar-refractivity contribution in [2.75, 3.05) is 14.2 Å². The van der Waals surface area contributed by atoms with Crippen molar-refractivity contribution in [1.82, 2.24) is 0 Å². The van der Waals surface area contributed by atoms with Crippen LogP contribution in [0.25, 0.3) is 0 Å². The molecule has 1 unspecified atom stereocenters. The first kappa shape index (κ1) is 19.2. The number of hydrogen-bond donors (Lipinski definition) is 0. The standard InChI is InChI=1S/C18H20N2O4/c1-5-7-18(15(21)23-3,16(22)24-4)8-6-14-10-17(11-19,12-20)9-13(14)2/h5-6,8,14H,1-2,7,9-10H2,3-4H3/b8-6+. The number of nitrogens with zero attached hydrogens (tertiary/aromatic N) is 2. The van der Waals surface area contributed by atoms with Crippen LogP contribution in [0.2, 0.25) is 0 Å². The zero-order valence-electron chi connectivity index (χ0n) is 13.9. The number of ether oxygens (including phenoxy) is 2. The van der Waals surface area contributed by atoms with Gasteiger partial charge in [0.1, 0.15) is 5.41 Å². The number of methoxy groups -OCH3 is 2. The second-order valence-electron chi connectivity index (χ2n) is 5.76. The molecule has 0 N–H and O–H groups in total. The number of carbonyl (C=O) groups excluding carboxylic acids is 2. The lowest BCUT2D eigenvalue weighted by Gasteiger charge is -2.24. The highest BCUT2D eigenvalue weighted by Gasteiger charge is 2.46. The van der Waals surface area contributed by atoms with Crippen molar-refractivity contribution in [3.05, 3.63) is 37.0 Å². The molecule has 0 aromatic carbocycles. The van der Waals surface area contributed by atoms with E-state index in [4.69, 9.17) is 9.47 Å². The minimum Gasteiger partial charge on any atom is -0.468 e. The highest BCUT2D eigenvalue weighted by molar-refractivity contribution is 6.02. The Hall–Kier alpha value is -2.86. The molecule has 0 radical (unpaired) electrons. The molecule has 1 atom stereocenters. The van der Waals surface area contributed by atoms with Crippen LogP contribution in [-0.4, -0.2) is 26.2 Å². The Morgan fingerprint density at radius 1 is 1.33 bits per heavy atom. The van der Waals surface area contributed by atoms with Gasteiger partial charge in [0.15, 0.2) is 5.41 Å². The van der Waals surface area contributed by atoms with E-state index in [2.05, 4.69) is 13.2 Å². The van der Waals surface area contributed by atoms with Gasteiger partial charge < -0.3 is 9.47 Å². The van der Waals surface area contributed by atoms with Gasteiger partial charge in [-0.15, -0.1) is 6.58 Å². The average molecular weight is 328 g/mol. The van der Waals surface area contributed by atoms with Gasteiger partial charge in [0.2, 0.25) is 0 Å². The van der Waals surface area contributed by atoms with Gasteiger partial charge in [-0.05, 0) is 12.8 Å². The Kier molecular flexibility index (Phi) is 6.08. The van der Waals surface area contributed by atoms with Crippen molar-refractivity contribution in [2.45, 2.75) is 19.3 Å². The molecular formula is C18H20N2O4. The van der Waals surface area contributed by atoms with E-state index in [1.165, 1.54) is 26.4 Å². The maximum absolute atomic E-state index is 12.2. The maximum atomic E-state index is 12.2. The normalized spacial score (nSPS) is 19.3. The molecule has 6 nitrogen and oxygen atoms in total. The Labute approximate surface area is 141 Å². The predicted octanol–water partition coefficient (Wildman–Crippen LogP) is 2.45. The number of carbonyl (C=O) groups is 2. The molecule has 1 saturated carbocycles. The SMILES string of the molecule is C=CCC(/C=C/C1CC(C#N)(C#N)CC1=C)(C(=O)OC)C(=O)OC. The maximum Gasteiger partial charge on any atom is 0.327 e. The second-order valence-corrected chi connectivity index (χ2v) is 5.76. The zero-order chi connectivity index (χ0) is 18.4. The third-order valence-corrected chi connectivity index (χ3v) is 4.23. The van der Waals surface area contributed by atoms with Gasteiger partial charge in [-0.25, -0.2) is 0 Å². The summed E-state index contributed by atoms with van der Waals surface area (Å²) in [6, 6.07) is 4.04. The summed E-state index contributed by atoms with van der Waals surface area (Å²) in [5.41, 5.74) is -2.06. The van der Waals surface area contributed by atoms with Gasteiger partial charge in [0.05, 0.1) is 26.4 Å². The third-order valence-electron chi connectivity index (χ3n) is 4.23. The Bertz CT molecular complexity index is 633. The van der Waals surface area contributed by atoms with Gasteiger partial charge in [0.25, 0.3) is 0 Å². The molecule has 1 aliphatic carbocycles. The smallest absolute Gasteiger partial charge is 0.327 e. The first-order chi connectivity index (χ1) is 11.3. The summed E-state index contributed by atoms with van der Waals surface area (Å²) in [6.07, 6.45) is 4.99. The van der Waals surface area contributed by atoms with Crippen LogP contribution in [0.4, 0.5) is 0 Å². The molecule has 1 fully saturated rings. The first-order valence-electron chi connectivity index (χ1n) is 7.32. The lowest BCUT2D eigenvalue weighted by Crippen LogP contribution is -2.39. The predicted molar refractivity (Wildman–Crippen MR) is 85.9 cm³/mol. The van der Waals surface area contributed by atoms with Crippen LogP contribution in [-0.2, 0) is 19.1 Å². The molecule has 0 aromatic heterocycles. The van der Waals surface area contributed by atoms with E-state index in [0.717, 1.165) is 0 Å². The van der Waals surface area contributed by atoms with Crippen molar-refractivity contribution in [3.8, 4) is 12.1 Å². The van der Waals surface area contributed by atoms with E-state index in [-0.39, 0.29) is 25.2 Å². The van der Waals surface area contributed by atoms with E-state index in [9.17, 15) is 20.1 Å². The summed E-state index contributed by atoms with van der Waals surface area (Å²) in [4.78, 5) is 24.4. The highest BCUT2D eigenvalue weighted by Crippen LogP contribution is 2.45. The van der Waals surface area contributed by atoms with Crippen LogP contribution in [0.3, 0.4) is 0 Å². The lowest BCUT2D eigenvalue weighted by atomic mass is 9.82. The number of rotatable bonds is 6. The van der Waals surface area contributed by atoms with Crippen LogP contribution >= 0.6 is 0 Å². The summed E-state index contributed by atoms with van der Waals surface area (Å²) in [5.74, 6) is -1.82. The van der Waals surface area contributed by atoms with Crippen LogP contribution < -0.4 is 0 Å². The number of nitriles is 2. The quantitative estimate of drug-likeness (QED) is 0.422. The zero-order valence-corrected chi connectivity index (χ0v) is 13.9. The molecule has 1 aliphatic rings. The number of hydrogen-bond acceptors (Lipinski definition) is 6. The summed E-state index contributed by atoms with van der Waals surface area (Å²) >= 11 is 0. The van der Waals surface area contributed by atoms with Gasteiger partial charge >= 0.3 is 11.9 Å². The Morgan fingerprint density at radius 2 is 1.88 bits per heavy atom. The van der Waals surface area contributed by atoms with E-state index < -0.39 is 22.8 Å². The Morgan fingerprint density at radius 3 is 2.25 bits per heavy atom. The number of allylic oxidation sites excluding steroid dienone is 3. The van der Waals surface area contributed by atoms with Crippen molar-refractivity contribution in [2.24, 2.45) is 16.7 Å². The van der Waals surface area contributed by atoms with Crippen molar-refractivity contribution in [1.29, 1.82) is 10.5 Å². The van der Waals surface area contributed by atoms with Crippen LogP contribution in [0.5, 0.6) is 0 Å². The molecule has 126 valence electrons. The lowest BCUT2D eigenvalue weighted by molar-refractivity contribution is -0.164. The minimum atomic E-state index is -1.64. The van der Waals surface area contributed by atoms with E-state index in [0.29, 0.717) is 5.57 Å². The molecule has 0 aliphatic heterocycles. The molecule has 0 heterocycles. The molecular weight excluding hydrogens is 308 g/mol. The van der Waals surface area contributed by atoms with Crippen molar-refractivity contribution in [3.63, 3.8) is 0 Å². The second kappa shape index (κ2) is 7.61. The largest absolute Gasteiger partial charge is 0.468 e. The first-order valence-corrected chi connectivity index (χ1v) is 7.32. The van der Waals surface area contributed by atoms with Crippen LogP contribution in [0.15, 0.2) is 37.0 Å². The van der Waals surface area contributed by atoms with E-state index >= 15 is 0 Å². The van der Waals surface area contributed by atoms with Gasteiger partial charge in [0, 0.05) is 12.3 Å². The molecule has 6 heteroatoms. The van der Waals surface area contributed by atoms with Crippen LogP contribution in [0.1, 0.15) is 19.3 Å². The van der Waals surface area contributed by atoms with Gasteiger partial charge in [-0.1, -0.05) is 30.4 Å². The summed E-state index contributed by atoms with van der Waals surface area (Å²) in [5, 5.41) is 18.4. The molecule has 1 rings (SSSR count). The van der Waals surface area contributed by atoms with Gasteiger partial charge in [-0.3, -0.25) is 9.59 Å². The van der Waals surface area contributed by atoms with Crippen molar-refractivity contribution >= 4 is 11.9 Å². The average Bonchev–Trinajstić information content (AvgIpc) is 2.93. The monoisotopic (exact) mass is 328 g/mol. The van der Waals surface area contributed by atoms with Gasteiger partial charge in [-0.2, -0.15) is 10.5 Å². The molecule has 0 amide bonds. The number of esters is 2. The molecule has 24 heavy (non-hydrogen) atoms. The highest BCUT2D eigenvalue weighted by atomic mass is 16.5. The molecule has 0 aromatic rings. The fraction of sp³-hybridized carbons (Fsp3) is 0.444. The molecule has 0 spiro atoms. The third kappa shape index (κ3) is 3.38.